The van der Waals surface area contributed by atoms with Gasteiger partial charge in [-0.25, -0.2) is 0 Å². The Morgan fingerprint density at radius 2 is 1.48 bits per heavy atom. The third kappa shape index (κ3) is 3.67. The van der Waals surface area contributed by atoms with Crippen LogP contribution in [0.5, 0.6) is 0 Å². The van der Waals surface area contributed by atoms with Gasteiger partial charge in [0.1, 0.15) is 0 Å². The van der Waals surface area contributed by atoms with Crippen molar-refractivity contribution in [2.24, 2.45) is 0 Å². The summed E-state index contributed by atoms with van der Waals surface area (Å²) in [5.74, 6) is -1.33. The molecular formula is C20H18F3NO3. The van der Waals surface area contributed by atoms with Crippen LogP contribution in [0, 0.1) is 0 Å². The molecule has 0 bridgehead atoms. The van der Waals surface area contributed by atoms with Gasteiger partial charge in [-0.05, 0) is 42.7 Å². The number of hydrogen-bond acceptors (Lipinski definition) is 2. The van der Waals surface area contributed by atoms with E-state index in [0.717, 1.165) is 24.3 Å². The summed E-state index contributed by atoms with van der Waals surface area (Å²) in [4.78, 5) is 26.0. The van der Waals surface area contributed by atoms with Crippen molar-refractivity contribution < 1.29 is 27.9 Å². The molecule has 1 fully saturated rings. The number of alkyl halides is 3. The Morgan fingerprint density at radius 3 is 1.96 bits per heavy atom. The van der Waals surface area contributed by atoms with Crippen LogP contribution in [0.2, 0.25) is 0 Å². The van der Waals surface area contributed by atoms with Gasteiger partial charge < -0.3 is 10.0 Å². The molecule has 2 aromatic carbocycles. The Bertz CT molecular complexity index is 824. The molecule has 0 radical (unpaired) electrons. The summed E-state index contributed by atoms with van der Waals surface area (Å²) < 4.78 is 37.9. The number of carbonyl (C=O) groups is 2. The Kier molecular flexibility index (Phi) is 4.95. The molecule has 7 heteroatoms. The van der Waals surface area contributed by atoms with Crippen LogP contribution in [0.25, 0.3) is 0 Å². The zero-order valence-electron chi connectivity index (χ0n) is 14.4. The Labute approximate surface area is 154 Å². The SMILES string of the molecule is O=C(c1ccc(C(F)(F)F)cc1)N1CCC(C(=O)O)(c2ccccc2)CC1. The van der Waals surface area contributed by atoms with Gasteiger partial charge in [0.05, 0.1) is 11.0 Å². The molecule has 1 heterocycles. The van der Waals surface area contributed by atoms with E-state index in [-0.39, 0.29) is 31.5 Å². The number of nitrogens with zero attached hydrogens (tertiary/aromatic N) is 1. The van der Waals surface area contributed by atoms with E-state index in [4.69, 9.17) is 0 Å². The minimum Gasteiger partial charge on any atom is -0.481 e. The molecule has 0 unspecified atom stereocenters. The van der Waals surface area contributed by atoms with Crippen molar-refractivity contribution in [3.63, 3.8) is 0 Å². The van der Waals surface area contributed by atoms with Gasteiger partial charge in [-0.3, -0.25) is 9.59 Å². The van der Waals surface area contributed by atoms with Crippen LogP contribution >= 0.6 is 0 Å². The van der Waals surface area contributed by atoms with E-state index < -0.39 is 29.0 Å². The highest BCUT2D eigenvalue weighted by Crippen LogP contribution is 2.36. The predicted octanol–water partition coefficient (Wildman–Crippen LogP) is 3.96. The summed E-state index contributed by atoms with van der Waals surface area (Å²) in [6, 6.07) is 13.0. The second kappa shape index (κ2) is 7.06. The molecule has 1 amide bonds. The maximum absolute atomic E-state index is 12.6. The number of likely N-dealkylation sites (tertiary alicyclic amines) is 1. The van der Waals surface area contributed by atoms with Gasteiger partial charge in [0.25, 0.3) is 5.91 Å². The molecule has 1 saturated heterocycles. The summed E-state index contributed by atoms with van der Waals surface area (Å²) in [5.41, 5.74) is -1.02. The van der Waals surface area contributed by atoms with E-state index >= 15 is 0 Å². The number of rotatable bonds is 3. The number of aliphatic carboxylic acids is 1. The molecule has 1 N–H and O–H groups in total. The lowest BCUT2D eigenvalue weighted by atomic mass is 9.73. The molecule has 1 aliphatic heterocycles. The zero-order chi connectivity index (χ0) is 19.7. The normalized spacial score (nSPS) is 16.8. The maximum atomic E-state index is 12.6. The first-order chi connectivity index (χ1) is 12.7. The minimum atomic E-state index is -4.45. The molecule has 4 nitrogen and oxygen atoms in total. The third-order valence-electron chi connectivity index (χ3n) is 5.10. The first-order valence-corrected chi connectivity index (χ1v) is 8.49. The summed E-state index contributed by atoms with van der Waals surface area (Å²) in [6.45, 7) is 0.447. The van der Waals surface area contributed by atoms with Crippen LogP contribution in [-0.2, 0) is 16.4 Å². The molecule has 0 spiro atoms. The highest BCUT2D eigenvalue weighted by molar-refractivity contribution is 5.94. The van der Waals surface area contributed by atoms with Crippen molar-refractivity contribution in [3.05, 3.63) is 71.3 Å². The van der Waals surface area contributed by atoms with E-state index in [1.54, 1.807) is 24.3 Å². The van der Waals surface area contributed by atoms with Crippen LogP contribution in [-0.4, -0.2) is 35.0 Å². The Hall–Kier alpha value is -2.83. The lowest BCUT2D eigenvalue weighted by Crippen LogP contribution is -2.49. The number of carboxylic acids is 1. The summed E-state index contributed by atoms with van der Waals surface area (Å²) >= 11 is 0. The van der Waals surface area contributed by atoms with Crippen molar-refractivity contribution in [1.82, 2.24) is 4.90 Å². The smallest absolute Gasteiger partial charge is 0.416 e. The summed E-state index contributed by atoms with van der Waals surface area (Å²) in [7, 11) is 0. The van der Waals surface area contributed by atoms with Gasteiger partial charge in [0.2, 0.25) is 0 Å². The standard InChI is InChI=1S/C20H18F3NO3/c21-20(22,23)16-8-6-14(7-9-16)17(25)24-12-10-19(11-13-24,18(26)27)15-4-2-1-3-5-15/h1-9H,10-13H2,(H,26,27). The molecule has 0 aliphatic carbocycles. The highest BCUT2D eigenvalue weighted by Gasteiger charge is 2.44. The first kappa shape index (κ1) is 18.9. The average Bonchev–Trinajstić information content (AvgIpc) is 2.67. The van der Waals surface area contributed by atoms with E-state index in [9.17, 15) is 27.9 Å². The molecular weight excluding hydrogens is 359 g/mol. The molecule has 0 saturated carbocycles. The summed E-state index contributed by atoms with van der Waals surface area (Å²) in [5, 5.41) is 9.78. The summed E-state index contributed by atoms with van der Waals surface area (Å²) in [6.07, 6.45) is -3.96. The van der Waals surface area contributed by atoms with Crippen LogP contribution in [0.15, 0.2) is 54.6 Å². The fourth-order valence-electron chi connectivity index (χ4n) is 3.46. The Morgan fingerprint density at radius 1 is 0.926 bits per heavy atom. The highest BCUT2D eigenvalue weighted by atomic mass is 19.4. The van der Waals surface area contributed by atoms with Gasteiger partial charge in [-0.1, -0.05) is 30.3 Å². The van der Waals surface area contributed by atoms with Crippen molar-refractivity contribution in [2.45, 2.75) is 24.4 Å². The monoisotopic (exact) mass is 377 g/mol. The van der Waals surface area contributed by atoms with Gasteiger partial charge in [0, 0.05) is 18.7 Å². The molecule has 3 rings (SSSR count). The second-order valence-corrected chi connectivity index (χ2v) is 6.62. The van der Waals surface area contributed by atoms with Crippen LogP contribution in [0.1, 0.15) is 34.3 Å². The van der Waals surface area contributed by atoms with E-state index in [1.807, 2.05) is 6.07 Å². The van der Waals surface area contributed by atoms with E-state index in [1.165, 1.54) is 4.90 Å². The number of halogens is 3. The lowest BCUT2D eigenvalue weighted by molar-refractivity contribution is -0.145. The van der Waals surface area contributed by atoms with Crippen molar-refractivity contribution in [2.75, 3.05) is 13.1 Å². The quantitative estimate of drug-likeness (QED) is 0.881. The largest absolute Gasteiger partial charge is 0.481 e. The fourth-order valence-corrected chi connectivity index (χ4v) is 3.46. The van der Waals surface area contributed by atoms with Crippen LogP contribution < -0.4 is 0 Å². The molecule has 0 atom stereocenters. The number of benzene rings is 2. The third-order valence-corrected chi connectivity index (χ3v) is 5.10. The molecule has 2 aromatic rings. The maximum Gasteiger partial charge on any atom is 0.416 e. The van der Waals surface area contributed by atoms with Gasteiger partial charge in [-0.15, -0.1) is 0 Å². The number of piperidine rings is 1. The first-order valence-electron chi connectivity index (χ1n) is 8.49. The van der Waals surface area contributed by atoms with Crippen molar-refractivity contribution in [1.29, 1.82) is 0 Å². The molecule has 142 valence electrons. The Balaban J connectivity index is 1.75. The molecule has 27 heavy (non-hydrogen) atoms. The number of amides is 1. The number of carbonyl (C=O) groups excluding carboxylic acids is 1. The predicted molar refractivity (Wildman–Crippen MR) is 92.3 cm³/mol. The van der Waals surface area contributed by atoms with E-state index in [0.29, 0.717) is 5.56 Å². The van der Waals surface area contributed by atoms with Crippen LogP contribution in [0.3, 0.4) is 0 Å². The number of hydrogen-bond donors (Lipinski definition) is 1. The lowest BCUT2D eigenvalue weighted by Gasteiger charge is -2.39. The van der Waals surface area contributed by atoms with Crippen molar-refractivity contribution >= 4 is 11.9 Å². The fraction of sp³-hybridized carbons (Fsp3) is 0.300. The second-order valence-electron chi connectivity index (χ2n) is 6.62. The average molecular weight is 377 g/mol. The van der Waals surface area contributed by atoms with Crippen LogP contribution in [0.4, 0.5) is 13.2 Å². The minimum absolute atomic E-state index is 0.158. The number of carboxylic acid groups (broad SMARTS) is 1. The zero-order valence-corrected chi connectivity index (χ0v) is 14.4. The van der Waals surface area contributed by atoms with Gasteiger partial charge in [0.15, 0.2) is 0 Å². The van der Waals surface area contributed by atoms with Crippen molar-refractivity contribution in [3.8, 4) is 0 Å². The van der Waals surface area contributed by atoms with Gasteiger partial charge in [-0.2, -0.15) is 13.2 Å². The molecule has 0 aromatic heterocycles. The topological polar surface area (TPSA) is 57.6 Å². The molecule has 1 aliphatic rings. The van der Waals surface area contributed by atoms with E-state index in [2.05, 4.69) is 0 Å². The van der Waals surface area contributed by atoms with Gasteiger partial charge >= 0.3 is 12.1 Å².